The van der Waals surface area contributed by atoms with Gasteiger partial charge in [0.1, 0.15) is 5.69 Å². The van der Waals surface area contributed by atoms with Gasteiger partial charge < -0.3 is 19.7 Å². The summed E-state index contributed by atoms with van der Waals surface area (Å²) < 4.78 is 7.10. The Hall–Kier alpha value is -1.89. The normalized spacial score (nSPS) is 16.0. The molecular weight excluding hydrogens is 294 g/mol. The van der Waals surface area contributed by atoms with Gasteiger partial charge in [-0.15, -0.1) is 0 Å². The van der Waals surface area contributed by atoms with Crippen molar-refractivity contribution >= 4 is 16.9 Å². The summed E-state index contributed by atoms with van der Waals surface area (Å²) >= 11 is 0. The number of rotatable bonds is 6. The lowest BCUT2D eigenvalue weighted by atomic mass is 10.1. The Morgan fingerprint density at radius 1 is 1.30 bits per heavy atom. The maximum atomic E-state index is 11.6. The van der Waals surface area contributed by atoms with Crippen molar-refractivity contribution in [1.29, 1.82) is 0 Å². The quantitative estimate of drug-likeness (QED) is 0.786. The molecule has 1 aliphatic rings. The number of ether oxygens (including phenoxy) is 1. The number of benzene rings is 1. The Balaban J connectivity index is 1.69. The number of carbonyl (C=O) groups is 1. The van der Waals surface area contributed by atoms with E-state index < -0.39 is 5.97 Å². The molecule has 0 spiro atoms. The second kappa shape index (κ2) is 7.12. The van der Waals surface area contributed by atoms with Crippen LogP contribution in [0.5, 0.6) is 0 Å². The summed E-state index contributed by atoms with van der Waals surface area (Å²) in [6.45, 7) is 5.89. The zero-order valence-corrected chi connectivity index (χ0v) is 13.4. The average molecular weight is 317 g/mol. The van der Waals surface area contributed by atoms with Gasteiger partial charge in [0.2, 0.25) is 0 Å². The van der Waals surface area contributed by atoms with Gasteiger partial charge in [-0.3, -0.25) is 4.90 Å². The van der Waals surface area contributed by atoms with Crippen LogP contribution >= 0.6 is 0 Å². The van der Waals surface area contributed by atoms with Crippen molar-refractivity contribution in [2.45, 2.75) is 6.54 Å². The molecule has 0 atom stereocenters. The van der Waals surface area contributed by atoms with E-state index in [1.165, 1.54) is 0 Å². The van der Waals surface area contributed by atoms with E-state index in [1.807, 2.05) is 31.3 Å². The van der Waals surface area contributed by atoms with E-state index in [2.05, 4.69) is 10.2 Å². The molecule has 2 N–H and O–H groups in total. The third-order valence-corrected chi connectivity index (χ3v) is 4.42. The highest BCUT2D eigenvalue weighted by atomic mass is 16.5. The van der Waals surface area contributed by atoms with Crippen LogP contribution in [0.2, 0.25) is 0 Å². The molecule has 0 aliphatic carbocycles. The molecule has 23 heavy (non-hydrogen) atoms. The fourth-order valence-electron chi connectivity index (χ4n) is 3.20. The third kappa shape index (κ3) is 3.39. The van der Waals surface area contributed by atoms with Crippen molar-refractivity contribution < 1.29 is 14.6 Å². The fourth-order valence-corrected chi connectivity index (χ4v) is 3.20. The Kier molecular flexibility index (Phi) is 4.95. The number of carboxylic acids is 1. The minimum Gasteiger partial charge on any atom is -0.477 e. The second-order valence-corrected chi connectivity index (χ2v) is 5.84. The number of aryl methyl sites for hydroxylation is 1. The van der Waals surface area contributed by atoms with Gasteiger partial charge in [0.15, 0.2) is 0 Å². The molecule has 2 heterocycles. The Bertz CT molecular complexity index is 690. The molecule has 6 heteroatoms. The van der Waals surface area contributed by atoms with Gasteiger partial charge in [-0.25, -0.2) is 4.79 Å². The predicted octanol–water partition coefficient (Wildman–Crippen LogP) is 1.30. The van der Waals surface area contributed by atoms with Crippen molar-refractivity contribution in [3.8, 4) is 0 Å². The first-order valence-electron chi connectivity index (χ1n) is 7.99. The molecule has 0 radical (unpaired) electrons. The number of nitrogens with one attached hydrogen (secondary N) is 1. The van der Waals surface area contributed by atoms with E-state index >= 15 is 0 Å². The monoisotopic (exact) mass is 317 g/mol. The highest BCUT2D eigenvalue weighted by molar-refractivity contribution is 5.98. The van der Waals surface area contributed by atoms with Crippen LogP contribution in [-0.4, -0.2) is 59.9 Å². The molecule has 1 aromatic carbocycles. The molecule has 1 aromatic heterocycles. The number of nitrogens with zero attached hydrogens (tertiary/aromatic N) is 2. The average Bonchev–Trinajstić information content (AvgIpc) is 2.85. The van der Waals surface area contributed by atoms with Crippen LogP contribution in [-0.2, 0) is 18.3 Å². The minimum atomic E-state index is -0.881. The molecule has 0 unspecified atom stereocenters. The first-order chi connectivity index (χ1) is 11.2. The summed E-state index contributed by atoms with van der Waals surface area (Å²) in [5, 5.41) is 13.9. The molecule has 6 nitrogen and oxygen atoms in total. The summed E-state index contributed by atoms with van der Waals surface area (Å²) in [7, 11) is 1.81. The SMILES string of the molecule is Cn1c(C(=O)O)c(CNCCN2CCOCC2)c2ccccc21. The summed E-state index contributed by atoms with van der Waals surface area (Å²) in [6, 6.07) is 7.83. The van der Waals surface area contributed by atoms with Crippen LogP contribution in [0.1, 0.15) is 16.1 Å². The molecule has 1 saturated heterocycles. The fraction of sp³-hybridized carbons (Fsp3) is 0.471. The lowest BCUT2D eigenvalue weighted by molar-refractivity contribution is 0.0384. The van der Waals surface area contributed by atoms with Crippen molar-refractivity contribution in [1.82, 2.24) is 14.8 Å². The smallest absolute Gasteiger partial charge is 0.352 e. The summed E-state index contributed by atoms with van der Waals surface area (Å²) in [6.07, 6.45) is 0. The molecule has 1 aliphatic heterocycles. The first-order valence-corrected chi connectivity index (χ1v) is 7.99. The molecular formula is C17H23N3O3. The molecule has 0 amide bonds. The van der Waals surface area contributed by atoms with E-state index in [1.54, 1.807) is 4.57 Å². The van der Waals surface area contributed by atoms with Gasteiger partial charge in [-0.05, 0) is 6.07 Å². The van der Waals surface area contributed by atoms with E-state index in [-0.39, 0.29) is 0 Å². The topological polar surface area (TPSA) is 66.7 Å². The van der Waals surface area contributed by atoms with E-state index in [0.717, 1.165) is 55.9 Å². The summed E-state index contributed by atoms with van der Waals surface area (Å²) in [5.41, 5.74) is 2.18. The van der Waals surface area contributed by atoms with Crippen LogP contribution in [0, 0.1) is 0 Å². The van der Waals surface area contributed by atoms with E-state index in [9.17, 15) is 9.90 Å². The number of aromatic nitrogens is 1. The number of aromatic carboxylic acids is 1. The van der Waals surface area contributed by atoms with Crippen LogP contribution in [0.15, 0.2) is 24.3 Å². The number of hydrogen-bond acceptors (Lipinski definition) is 4. The molecule has 1 fully saturated rings. The molecule has 3 rings (SSSR count). The number of hydrogen-bond donors (Lipinski definition) is 2. The predicted molar refractivity (Wildman–Crippen MR) is 88.8 cm³/mol. The van der Waals surface area contributed by atoms with Crippen molar-refractivity contribution in [2.24, 2.45) is 7.05 Å². The van der Waals surface area contributed by atoms with Crippen LogP contribution in [0.3, 0.4) is 0 Å². The van der Waals surface area contributed by atoms with Crippen LogP contribution in [0.4, 0.5) is 0 Å². The maximum Gasteiger partial charge on any atom is 0.352 e. The highest BCUT2D eigenvalue weighted by Crippen LogP contribution is 2.25. The van der Waals surface area contributed by atoms with Gasteiger partial charge in [-0.2, -0.15) is 0 Å². The Morgan fingerprint density at radius 2 is 2.04 bits per heavy atom. The van der Waals surface area contributed by atoms with Crippen LogP contribution in [0.25, 0.3) is 10.9 Å². The number of morpholine rings is 1. The molecule has 0 bridgehead atoms. The van der Waals surface area contributed by atoms with Gasteiger partial charge in [-0.1, -0.05) is 18.2 Å². The molecule has 2 aromatic rings. The van der Waals surface area contributed by atoms with Crippen molar-refractivity contribution in [2.75, 3.05) is 39.4 Å². The van der Waals surface area contributed by atoms with Gasteiger partial charge in [0.25, 0.3) is 0 Å². The van der Waals surface area contributed by atoms with E-state index in [4.69, 9.17) is 4.74 Å². The Labute approximate surface area is 135 Å². The lowest BCUT2D eigenvalue weighted by Crippen LogP contribution is -2.40. The number of fused-ring (bicyclic) bond motifs is 1. The standard InChI is InChI=1S/C17H23N3O3/c1-19-15-5-3-2-4-13(15)14(16(19)17(21)22)12-18-6-7-20-8-10-23-11-9-20/h2-5,18H,6-12H2,1H3,(H,21,22). The van der Waals surface area contributed by atoms with Gasteiger partial charge in [0.05, 0.1) is 13.2 Å². The number of para-hydroxylation sites is 1. The maximum absolute atomic E-state index is 11.6. The van der Waals surface area contributed by atoms with Crippen LogP contribution < -0.4 is 5.32 Å². The summed E-state index contributed by atoms with van der Waals surface area (Å²) in [5.74, 6) is -0.881. The minimum absolute atomic E-state index is 0.366. The number of carboxylic acid groups (broad SMARTS) is 1. The van der Waals surface area contributed by atoms with Crippen molar-refractivity contribution in [3.63, 3.8) is 0 Å². The lowest BCUT2D eigenvalue weighted by Gasteiger charge is -2.26. The first kappa shape index (κ1) is 16.0. The molecule has 124 valence electrons. The van der Waals surface area contributed by atoms with E-state index in [0.29, 0.717) is 12.2 Å². The van der Waals surface area contributed by atoms with Crippen molar-refractivity contribution in [3.05, 3.63) is 35.5 Å². The van der Waals surface area contributed by atoms with Gasteiger partial charge in [0, 0.05) is 56.2 Å². The third-order valence-electron chi connectivity index (χ3n) is 4.42. The summed E-state index contributed by atoms with van der Waals surface area (Å²) in [4.78, 5) is 14.0. The molecule has 0 saturated carbocycles. The second-order valence-electron chi connectivity index (χ2n) is 5.84. The van der Waals surface area contributed by atoms with Gasteiger partial charge >= 0.3 is 5.97 Å². The highest BCUT2D eigenvalue weighted by Gasteiger charge is 2.19. The Morgan fingerprint density at radius 3 is 2.78 bits per heavy atom. The zero-order chi connectivity index (χ0) is 16.2. The largest absolute Gasteiger partial charge is 0.477 e. The zero-order valence-electron chi connectivity index (χ0n) is 13.4.